The molecule has 0 spiro atoms. The Morgan fingerprint density at radius 1 is 1.27 bits per heavy atom. The van der Waals surface area contributed by atoms with Gasteiger partial charge in [0.25, 0.3) is 0 Å². The zero-order valence-electron chi connectivity index (χ0n) is 12.5. The molecule has 5 nitrogen and oxygen atoms in total. The molecule has 114 valence electrons. The van der Waals surface area contributed by atoms with Crippen molar-refractivity contribution >= 4 is 11.6 Å². The van der Waals surface area contributed by atoms with Crippen LogP contribution in [0.25, 0.3) is 0 Å². The molecule has 1 amide bonds. The summed E-state index contributed by atoms with van der Waals surface area (Å²) in [5.41, 5.74) is 0.295. The van der Waals surface area contributed by atoms with Crippen molar-refractivity contribution in [3.8, 4) is 11.5 Å². The molecule has 0 radical (unpaired) electrons. The number of nitrogens with zero attached hydrogens (tertiary/aromatic N) is 1. The number of aromatic nitrogens is 1. The third-order valence-corrected chi connectivity index (χ3v) is 3.85. The van der Waals surface area contributed by atoms with Gasteiger partial charge in [0, 0.05) is 11.9 Å². The number of amides is 1. The summed E-state index contributed by atoms with van der Waals surface area (Å²) in [6.45, 7) is 2.83. The molecule has 2 aromatic rings. The maximum Gasteiger partial charge on any atom is 0.244 e. The number of pyridine rings is 1. The molecule has 1 saturated heterocycles. The molecule has 2 N–H and O–H groups in total. The summed E-state index contributed by atoms with van der Waals surface area (Å²) in [7, 11) is 0. The Bertz CT molecular complexity index is 635. The Kier molecular flexibility index (Phi) is 4.06. The SMILES string of the molecule is C[C@]1(C(=O)Nc2ccc(Oc3cccnc3)cc2)CCCN1. The molecule has 1 aliphatic heterocycles. The van der Waals surface area contributed by atoms with Crippen LogP contribution in [0.2, 0.25) is 0 Å². The Hall–Kier alpha value is -2.40. The molecule has 0 aliphatic carbocycles. The molecular weight excluding hydrogens is 278 g/mol. The lowest BCUT2D eigenvalue weighted by atomic mass is 9.99. The molecular formula is C17H19N3O2. The molecule has 1 aromatic carbocycles. The van der Waals surface area contributed by atoms with Gasteiger partial charge in [-0.05, 0) is 62.7 Å². The molecule has 3 rings (SSSR count). The topological polar surface area (TPSA) is 63.2 Å². The quantitative estimate of drug-likeness (QED) is 0.910. The molecule has 1 fully saturated rings. The fourth-order valence-electron chi connectivity index (χ4n) is 2.51. The lowest BCUT2D eigenvalue weighted by Gasteiger charge is -2.23. The zero-order valence-corrected chi connectivity index (χ0v) is 12.5. The minimum Gasteiger partial charge on any atom is -0.456 e. The van der Waals surface area contributed by atoms with Crippen molar-refractivity contribution in [3.05, 3.63) is 48.8 Å². The second kappa shape index (κ2) is 6.15. The van der Waals surface area contributed by atoms with Crippen LogP contribution in [-0.4, -0.2) is 23.0 Å². The van der Waals surface area contributed by atoms with Crippen molar-refractivity contribution in [1.29, 1.82) is 0 Å². The Labute approximate surface area is 129 Å². The van der Waals surface area contributed by atoms with Crippen LogP contribution in [0, 0.1) is 0 Å². The number of benzene rings is 1. The molecule has 1 atom stereocenters. The van der Waals surface area contributed by atoms with Gasteiger partial charge in [0.15, 0.2) is 0 Å². The standard InChI is InChI=1S/C17H19N3O2/c1-17(9-3-11-19-17)16(21)20-13-5-7-14(8-6-13)22-15-4-2-10-18-12-15/h2,4-8,10,12,19H,3,9,11H2,1H3,(H,20,21)/t17-/m1/s1. The van der Waals surface area contributed by atoms with Gasteiger partial charge in [-0.25, -0.2) is 0 Å². The molecule has 0 bridgehead atoms. The number of rotatable bonds is 4. The molecule has 0 unspecified atom stereocenters. The second-order valence-electron chi connectivity index (χ2n) is 5.63. The van der Waals surface area contributed by atoms with E-state index in [9.17, 15) is 4.79 Å². The average Bonchev–Trinajstić information content (AvgIpc) is 2.98. The van der Waals surface area contributed by atoms with Crippen LogP contribution in [0.4, 0.5) is 5.69 Å². The van der Waals surface area contributed by atoms with Crippen LogP contribution in [0.3, 0.4) is 0 Å². The van der Waals surface area contributed by atoms with Crippen LogP contribution >= 0.6 is 0 Å². The summed E-state index contributed by atoms with van der Waals surface area (Å²) < 4.78 is 5.67. The minimum atomic E-state index is -0.467. The highest BCUT2D eigenvalue weighted by Crippen LogP contribution is 2.24. The molecule has 22 heavy (non-hydrogen) atoms. The van der Waals surface area contributed by atoms with Crippen molar-refractivity contribution < 1.29 is 9.53 Å². The molecule has 1 aliphatic rings. The van der Waals surface area contributed by atoms with Gasteiger partial charge in [-0.2, -0.15) is 0 Å². The fraction of sp³-hybridized carbons (Fsp3) is 0.294. The first-order chi connectivity index (χ1) is 10.7. The van der Waals surface area contributed by atoms with E-state index >= 15 is 0 Å². The van der Waals surface area contributed by atoms with Gasteiger partial charge in [0.1, 0.15) is 11.5 Å². The first kappa shape index (κ1) is 14.5. The second-order valence-corrected chi connectivity index (χ2v) is 5.63. The van der Waals surface area contributed by atoms with Gasteiger partial charge >= 0.3 is 0 Å². The first-order valence-corrected chi connectivity index (χ1v) is 7.40. The third kappa shape index (κ3) is 3.26. The van der Waals surface area contributed by atoms with Gasteiger partial charge in [-0.1, -0.05) is 0 Å². The van der Waals surface area contributed by atoms with E-state index in [0.717, 1.165) is 25.1 Å². The van der Waals surface area contributed by atoms with E-state index in [0.29, 0.717) is 11.5 Å². The summed E-state index contributed by atoms with van der Waals surface area (Å²) in [6, 6.07) is 11.0. The lowest BCUT2D eigenvalue weighted by Crippen LogP contribution is -2.47. The van der Waals surface area contributed by atoms with Gasteiger partial charge < -0.3 is 15.4 Å². The number of nitrogens with one attached hydrogen (secondary N) is 2. The van der Waals surface area contributed by atoms with E-state index < -0.39 is 5.54 Å². The summed E-state index contributed by atoms with van der Waals surface area (Å²) >= 11 is 0. The van der Waals surface area contributed by atoms with E-state index in [4.69, 9.17) is 4.74 Å². The highest BCUT2D eigenvalue weighted by atomic mass is 16.5. The molecule has 1 aromatic heterocycles. The predicted octanol–water partition coefficient (Wildman–Crippen LogP) is 2.95. The van der Waals surface area contributed by atoms with Crippen LogP contribution in [0.1, 0.15) is 19.8 Å². The van der Waals surface area contributed by atoms with Crippen molar-refractivity contribution in [1.82, 2.24) is 10.3 Å². The predicted molar refractivity (Wildman–Crippen MR) is 85.0 cm³/mol. The van der Waals surface area contributed by atoms with E-state index in [2.05, 4.69) is 15.6 Å². The monoisotopic (exact) mass is 297 g/mol. The molecule has 0 saturated carbocycles. The van der Waals surface area contributed by atoms with Crippen LogP contribution in [-0.2, 0) is 4.79 Å². The summed E-state index contributed by atoms with van der Waals surface area (Å²) in [4.78, 5) is 16.3. The Balaban J connectivity index is 1.63. The number of hydrogen-bond acceptors (Lipinski definition) is 4. The number of anilines is 1. The van der Waals surface area contributed by atoms with Crippen molar-refractivity contribution in [2.45, 2.75) is 25.3 Å². The van der Waals surface area contributed by atoms with Crippen LogP contribution in [0.5, 0.6) is 11.5 Å². The summed E-state index contributed by atoms with van der Waals surface area (Å²) in [6.07, 6.45) is 5.24. The van der Waals surface area contributed by atoms with E-state index in [1.54, 1.807) is 12.4 Å². The van der Waals surface area contributed by atoms with Crippen molar-refractivity contribution in [3.63, 3.8) is 0 Å². The molecule has 5 heteroatoms. The number of ether oxygens (including phenoxy) is 1. The number of carbonyl (C=O) groups excluding carboxylic acids is 1. The van der Waals surface area contributed by atoms with E-state index in [1.807, 2.05) is 43.3 Å². The maximum atomic E-state index is 12.3. The van der Waals surface area contributed by atoms with Crippen LogP contribution < -0.4 is 15.4 Å². The maximum absolute atomic E-state index is 12.3. The van der Waals surface area contributed by atoms with E-state index in [-0.39, 0.29) is 5.91 Å². The minimum absolute atomic E-state index is 0.00549. The van der Waals surface area contributed by atoms with Crippen molar-refractivity contribution in [2.24, 2.45) is 0 Å². The highest BCUT2D eigenvalue weighted by molar-refractivity contribution is 5.98. The van der Waals surface area contributed by atoms with Gasteiger partial charge in [0.05, 0.1) is 11.7 Å². The third-order valence-electron chi connectivity index (χ3n) is 3.85. The molecule has 2 heterocycles. The number of hydrogen-bond donors (Lipinski definition) is 2. The zero-order chi connectivity index (χ0) is 15.4. The Morgan fingerprint density at radius 2 is 2.09 bits per heavy atom. The summed E-state index contributed by atoms with van der Waals surface area (Å²) in [5.74, 6) is 1.39. The average molecular weight is 297 g/mol. The lowest BCUT2D eigenvalue weighted by molar-refractivity contribution is -0.121. The largest absolute Gasteiger partial charge is 0.456 e. The Morgan fingerprint density at radius 3 is 2.73 bits per heavy atom. The van der Waals surface area contributed by atoms with Crippen molar-refractivity contribution in [2.75, 3.05) is 11.9 Å². The van der Waals surface area contributed by atoms with Gasteiger partial charge in [-0.15, -0.1) is 0 Å². The van der Waals surface area contributed by atoms with Gasteiger partial charge in [-0.3, -0.25) is 9.78 Å². The van der Waals surface area contributed by atoms with Gasteiger partial charge in [0.2, 0.25) is 5.91 Å². The fourth-order valence-corrected chi connectivity index (χ4v) is 2.51. The normalized spacial score (nSPS) is 20.6. The first-order valence-electron chi connectivity index (χ1n) is 7.40. The highest BCUT2D eigenvalue weighted by Gasteiger charge is 2.35. The van der Waals surface area contributed by atoms with E-state index in [1.165, 1.54) is 0 Å². The number of carbonyl (C=O) groups is 1. The smallest absolute Gasteiger partial charge is 0.244 e. The van der Waals surface area contributed by atoms with Crippen LogP contribution in [0.15, 0.2) is 48.8 Å². The summed E-state index contributed by atoms with van der Waals surface area (Å²) in [5, 5.41) is 6.20.